The summed E-state index contributed by atoms with van der Waals surface area (Å²) >= 11 is 3.30. The molecule has 0 spiro atoms. The summed E-state index contributed by atoms with van der Waals surface area (Å²) in [5.74, 6) is -0.328. The molecule has 0 aliphatic rings. The first-order valence-corrected chi connectivity index (χ1v) is 5.14. The zero-order valence-electron chi connectivity index (χ0n) is 8.24. The molecule has 1 rings (SSSR count). The molecule has 0 aliphatic heterocycles. The highest BCUT2D eigenvalue weighted by Crippen LogP contribution is 2.28. The third kappa shape index (κ3) is 3.21. The second-order valence-electron chi connectivity index (χ2n) is 3.09. The molecule has 0 bridgehead atoms. The van der Waals surface area contributed by atoms with Gasteiger partial charge in [0.15, 0.2) is 0 Å². The maximum absolute atomic E-state index is 10.5. The number of halogens is 1. The van der Waals surface area contributed by atoms with E-state index in [2.05, 4.69) is 15.9 Å². The summed E-state index contributed by atoms with van der Waals surface area (Å²) in [4.78, 5) is 10.5. The van der Waals surface area contributed by atoms with E-state index in [-0.39, 0.29) is 6.42 Å². The standard InChI is InChI=1S/C10H12BrNO3/c1-15-9-4-6(11)2-3-7(9)8(12)5-10(13)14/h2-4,8H,5,12H2,1H3,(H,13,14)/t8-/m1/s1. The van der Waals surface area contributed by atoms with Crippen LogP contribution in [0, 0.1) is 0 Å². The van der Waals surface area contributed by atoms with E-state index in [1.165, 1.54) is 7.11 Å². The van der Waals surface area contributed by atoms with Crippen LogP contribution in [0.3, 0.4) is 0 Å². The van der Waals surface area contributed by atoms with Crippen molar-refractivity contribution in [3.05, 3.63) is 28.2 Å². The number of benzene rings is 1. The quantitative estimate of drug-likeness (QED) is 0.880. The van der Waals surface area contributed by atoms with Crippen LogP contribution < -0.4 is 10.5 Å². The van der Waals surface area contributed by atoms with Gasteiger partial charge in [-0.1, -0.05) is 22.0 Å². The largest absolute Gasteiger partial charge is 0.496 e. The number of hydrogen-bond acceptors (Lipinski definition) is 3. The van der Waals surface area contributed by atoms with Crippen molar-refractivity contribution in [2.75, 3.05) is 7.11 Å². The lowest BCUT2D eigenvalue weighted by atomic mass is 10.0. The Morgan fingerprint density at radius 3 is 2.87 bits per heavy atom. The first kappa shape index (κ1) is 12.0. The average Bonchev–Trinajstić information content (AvgIpc) is 2.16. The van der Waals surface area contributed by atoms with Crippen LogP contribution in [0.25, 0.3) is 0 Å². The lowest BCUT2D eigenvalue weighted by molar-refractivity contribution is -0.137. The van der Waals surface area contributed by atoms with Crippen molar-refractivity contribution in [3.63, 3.8) is 0 Å². The zero-order chi connectivity index (χ0) is 11.4. The van der Waals surface area contributed by atoms with Crippen LogP contribution >= 0.6 is 15.9 Å². The van der Waals surface area contributed by atoms with Gasteiger partial charge in [0.25, 0.3) is 0 Å². The van der Waals surface area contributed by atoms with Crippen molar-refractivity contribution in [3.8, 4) is 5.75 Å². The molecule has 1 aromatic rings. The molecule has 0 radical (unpaired) electrons. The van der Waals surface area contributed by atoms with E-state index in [9.17, 15) is 4.79 Å². The van der Waals surface area contributed by atoms with Crippen LogP contribution in [0.2, 0.25) is 0 Å². The van der Waals surface area contributed by atoms with Crippen molar-refractivity contribution in [1.82, 2.24) is 0 Å². The molecule has 4 nitrogen and oxygen atoms in total. The summed E-state index contributed by atoms with van der Waals surface area (Å²) in [6, 6.07) is 4.78. The fraction of sp³-hybridized carbons (Fsp3) is 0.300. The molecule has 0 heterocycles. The summed E-state index contributed by atoms with van der Waals surface area (Å²) in [6.07, 6.45) is -0.113. The second kappa shape index (κ2) is 5.14. The number of ether oxygens (including phenoxy) is 1. The van der Waals surface area contributed by atoms with E-state index in [4.69, 9.17) is 15.6 Å². The van der Waals surface area contributed by atoms with Gasteiger partial charge in [-0.25, -0.2) is 0 Å². The Bertz CT molecular complexity index is 368. The SMILES string of the molecule is COc1cc(Br)ccc1[C@H](N)CC(=O)O. The fourth-order valence-corrected chi connectivity index (χ4v) is 1.63. The third-order valence-electron chi connectivity index (χ3n) is 1.99. The Kier molecular flexibility index (Phi) is 4.11. The second-order valence-corrected chi connectivity index (χ2v) is 4.01. The highest BCUT2D eigenvalue weighted by atomic mass is 79.9. The van der Waals surface area contributed by atoms with Gasteiger partial charge in [0.2, 0.25) is 0 Å². The Morgan fingerprint density at radius 2 is 2.33 bits per heavy atom. The van der Waals surface area contributed by atoms with Crippen LogP contribution in [-0.2, 0) is 4.79 Å². The van der Waals surface area contributed by atoms with Crippen LogP contribution in [0.15, 0.2) is 22.7 Å². The van der Waals surface area contributed by atoms with Gasteiger partial charge in [0.1, 0.15) is 5.75 Å². The van der Waals surface area contributed by atoms with Crippen molar-refractivity contribution < 1.29 is 14.6 Å². The maximum atomic E-state index is 10.5. The summed E-state index contributed by atoms with van der Waals surface area (Å²) in [5, 5.41) is 8.63. The number of methoxy groups -OCH3 is 1. The Morgan fingerprint density at radius 1 is 1.67 bits per heavy atom. The number of carboxylic acids is 1. The van der Waals surface area contributed by atoms with Gasteiger partial charge < -0.3 is 15.6 Å². The van der Waals surface area contributed by atoms with Crippen LogP contribution in [0.4, 0.5) is 0 Å². The van der Waals surface area contributed by atoms with Gasteiger partial charge in [-0.05, 0) is 12.1 Å². The summed E-state index contributed by atoms with van der Waals surface area (Å²) in [7, 11) is 1.53. The summed E-state index contributed by atoms with van der Waals surface area (Å²) in [5.41, 5.74) is 6.44. The monoisotopic (exact) mass is 273 g/mol. The normalized spacial score (nSPS) is 12.2. The van der Waals surface area contributed by atoms with Crippen molar-refractivity contribution >= 4 is 21.9 Å². The molecular weight excluding hydrogens is 262 g/mol. The minimum absolute atomic E-state index is 0.113. The Balaban J connectivity index is 2.97. The van der Waals surface area contributed by atoms with E-state index in [0.717, 1.165) is 4.47 Å². The first-order valence-electron chi connectivity index (χ1n) is 4.35. The number of carboxylic acid groups (broad SMARTS) is 1. The highest BCUT2D eigenvalue weighted by molar-refractivity contribution is 9.10. The van der Waals surface area contributed by atoms with Gasteiger partial charge in [0, 0.05) is 16.1 Å². The van der Waals surface area contributed by atoms with E-state index in [0.29, 0.717) is 11.3 Å². The molecule has 1 aromatic carbocycles. The van der Waals surface area contributed by atoms with Crippen molar-refractivity contribution in [2.45, 2.75) is 12.5 Å². The summed E-state index contributed by atoms with van der Waals surface area (Å²) < 4.78 is 5.99. The van der Waals surface area contributed by atoms with Gasteiger partial charge >= 0.3 is 5.97 Å². The maximum Gasteiger partial charge on any atom is 0.305 e. The highest BCUT2D eigenvalue weighted by Gasteiger charge is 2.15. The third-order valence-corrected chi connectivity index (χ3v) is 2.48. The van der Waals surface area contributed by atoms with E-state index in [1.54, 1.807) is 18.2 Å². The topological polar surface area (TPSA) is 72.5 Å². The number of nitrogens with two attached hydrogens (primary N) is 1. The Labute approximate surface area is 96.2 Å². The molecule has 0 aromatic heterocycles. The van der Waals surface area contributed by atoms with Crippen LogP contribution in [-0.4, -0.2) is 18.2 Å². The fourth-order valence-electron chi connectivity index (χ4n) is 1.29. The van der Waals surface area contributed by atoms with Gasteiger partial charge in [-0.3, -0.25) is 4.79 Å². The molecule has 0 fully saturated rings. The smallest absolute Gasteiger partial charge is 0.305 e. The van der Waals surface area contributed by atoms with E-state index < -0.39 is 12.0 Å². The number of rotatable bonds is 4. The molecular formula is C10H12BrNO3. The average molecular weight is 274 g/mol. The van der Waals surface area contributed by atoms with Gasteiger partial charge in [-0.2, -0.15) is 0 Å². The number of aliphatic carboxylic acids is 1. The molecule has 0 amide bonds. The molecule has 0 aliphatic carbocycles. The lowest BCUT2D eigenvalue weighted by Crippen LogP contribution is -2.15. The van der Waals surface area contributed by atoms with Gasteiger partial charge in [0.05, 0.1) is 13.5 Å². The van der Waals surface area contributed by atoms with E-state index in [1.807, 2.05) is 0 Å². The molecule has 0 saturated heterocycles. The molecule has 3 N–H and O–H groups in total. The van der Waals surface area contributed by atoms with Crippen molar-refractivity contribution in [1.29, 1.82) is 0 Å². The van der Waals surface area contributed by atoms with E-state index >= 15 is 0 Å². The van der Waals surface area contributed by atoms with Crippen molar-refractivity contribution in [2.24, 2.45) is 5.73 Å². The van der Waals surface area contributed by atoms with Crippen LogP contribution in [0.5, 0.6) is 5.75 Å². The zero-order valence-corrected chi connectivity index (χ0v) is 9.82. The first-order chi connectivity index (χ1) is 7.04. The molecule has 1 atom stereocenters. The molecule has 15 heavy (non-hydrogen) atoms. The molecule has 5 heteroatoms. The number of hydrogen-bond donors (Lipinski definition) is 2. The summed E-state index contributed by atoms with van der Waals surface area (Å²) in [6.45, 7) is 0. The number of carbonyl (C=O) groups is 1. The predicted octanol–water partition coefficient (Wildman–Crippen LogP) is 1.93. The minimum Gasteiger partial charge on any atom is -0.496 e. The Hall–Kier alpha value is -1.07. The molecule has 0 unspecified atom stereocenters. The molecule has 82 valence electrons. The van der Waals surface area contributed by atoms with Crippen LogP contribution in [0.1, 0.15) is 18.0 Å². The minimum atomic E-state index is -0.924. The molecule has 0 saturated carbocycles. The predicted molar refractivity (Wildman–Crippen MR) is 59.9 cm³/mol. The lowest BCUT2D eigenvalue weighted by Gasteiger charge is -2.14. The van der Waals surface area contributed by atoms with Gasteiger partial charge in [-0.15, -0.1) is 0 Å².